The third kappa shape index (κ3) is 4.34. The van der Waals surface area contributed by atoms with Gasteiger partial charge < -0.3 is 0 Å². The third-order valence-electron chi connectivity index (χ3n) is 4.80. The van der Waals surface area contributed by atoms with E-state index in [0.717, 1.165) is 5.56 Å². The number of piperidine rings is 1. The average molecular weight is 394 g/mol. The highest BCUT2D eigenvalue weighted by atomic mass is 32.2. The average Bonchev–Trinajstić information content (AvgIpc) is 2.68. The molecule has 0 N–H and O–H groups in total. The molecule has 0 spiro atoms. The van der Waals surface area contributed by atoms with Gasteiger partial charge in [0, 0.05) is 13.1 Å². The van der Waals surface area contributed by atoms with E-state index in [9.17, 15) is 16.8 Å². The van der Waals surface area contributed by atoms with Crippen LogP contribution in [0.2, 0.25) is 0 Å². The monoisotopic (exact) mass is 393 g/mol. The molecule has 5 nitrogen and oxygen atoms in total. The number of benzene rings is 2. The predicted molar refractivity (Wildman–Crippen MR) is 102 cm³/mol. The molecule has 0 atom stereocenters. The first-order valence-electron chi connectivity index (χ1n) is 8.70. The van der Waals surface area contributed by atoms with Crippen molar-refractivity contribution >= 4 is 19.9 Å². The zero-order valence-electron chi connectivity index (χ0n) is 14.5. The Bertz CT molecular complexity index is 918. The summed E-state index contributed by atoms with van der Waals surface area (Å²) in [5.74, 6) is 0.0487. The van der Waals surface area contributed by atoms with Crippen molar-refractivity contribution in [2.45, 2.75) is 29.4 Å². The van der Waals surface area contributed by atoms with Crippen molar-refractivity contribution in [1.29, 1.82) is 0 Å². The van der Waals surface area contributed by atoms with Crippen LogP contribution in [0.3, 0.4) is 0 Å². The van der Waals surface area contributed by atoms with Gasteiger partial charge in [-0.05, 0) is 37.0 Å². The van der Waals surface area contributed by atoms with Gasteiger partial charge in [0.15, 0.2) is 9.84 Å². The molecule has 2 aromatic rings. The highest BCUT2D eigenvalue weighted by Crippen LogP contribution is 2.25. The Morgan fingerprint density at radius 2 is 1.35 bits per heavy atom. The second-order valence-electron chi connectivity index (χ2n) is 6.51. The van der Waals surface area contributed by atoms with Gasteiger partial charge in [-0.15, -0.1) is 0 Å². The highest BCUT2D eigenvalue weighted by molar-refractivity contribution is 7.92. The van der Waals surface area contributed by atoms with E-state index in [1.807, 2.05) is 30.3 Å². The first kappa shape index (κ1) is 19.1. The minimum absolute atomic E-state index is 0.0487. The Hall–Kier alpha value is -1.70. The molecule has 7 heteroatoms. The van der Waals surface area contributed by atoms with Crippen molar-refractivity contribution < 1.29 is 16.8 Å². The van der Waals surface area contributed by atoms with E-state index in [0.29, 0.717) is 24.2 Å². The van der Waals surface area contributed by atoms with Gasteiger partial charge in [0.2, 0.25) is 10.0 Å². The van der Waals surface area contributed by atoms with Gasteiger partial charge in [-0.3, -0.25) is 0 Å². The lowest BCUT2D eigenvalue weighted by Crippen LogP contribution is -2.43. The second-order valence-corrected chi connectivity index (χ2v) is 10.8. The van der Waals surface area contributed by atoms with E-state index < -0.39 is 25.1 Å². The van der Waals surface area contributed by atoms with Gasteiger partial charge >= 0.3 is 0 Å². The third-order valence-corrected chi connectivity index (χ3v) is 8.95. The molecular weight excluding hydrogens is 370 g/mol. The number of rotatable bonds is 6. The number of sulfonamides is 1. The van der Waals surface area contributed by atoms with Crippen LogP contribution in [-0.4, -0.2) is 45.2 Å². The van der Waals surface area contributed by atoms with Gasteiger partial charge in [0.05, 0.1) is 15.9 Å². The van der Waals surface area contributed by atoms with Crippen molar-refractivity contribution in [3.8, 4) is 0 Å². The number of sulfone groups is 1. The number of aryl methyl sites for hydroxylation is 1. The number of hydrogen-bond donors (Lipinski definition) is 0. The van der Waals surface area contributed by atoms with Crippen molar-refractivity contribution in [3.05, 3.63) is 66.2 Å². The fourth-order valence-corrected chi connectivity index (χ4v) is 6.52. The Balaban J connectivity index is 1.61. The zero-order valence-corrected chi connectivity index (χ0v) is 16.1. The molecule has 0 bridgehead atoms. The van der Waals surface area contributed by atoms with Gasteiger partial charge in [-0.25, -0.2) is 21.1 Å². The van der Waals surface area contributed by atoms with Crippen LogP contribution in [-0.2, 0) is 26.3 Å². The molecule has 0 amide bonds. The number of hydrogen-bond acceptors (Lipinski definition) is 4. The fraction of sp³-hybridized carbons (Fsp3) is 0.368. The Morgan fingerprint density at radius 1 is 0.808 bits per heavy atom. The fourth-order valence-electron chi connectivity index (χ4n) is 3.24. The zero-order chi connectivity index (χ0) is 18.6. The van der Waals surface area contributed by atoms with Crippen LogP contribution in [0, 0.1) is 0 Å². The second kappa shape index (κ2) is 7.90. The Morgan fingerprint density at radius 3 is 1.92 bits per heavy atom. The lowest BCUT2D eigenvalue weighted by atomic mass is 10.2. The summed E-state index contributed by atoms with van der Waals surface area (Å²) in [6.07, 6.45) is 1.13. The molecule has 0 saturated carbocycles. The minimum Gasteiger partial charge on any atom is -0.223 e. The molecule has 3 rings (SSSR count). The van der Waals surface area contributed by atoms with E-state index in [1.54, 1.807) is 30.3 Å². The van der Waals surface area contributed by atoms with E-state index in [1.165, 1.54) is 4.31 Å². The smallest absolute Gasteiger partial charge is 0.214 e. The highest BCUT2D eigenvalue weighted by Gasteiger charge is 2.34. The SMILES string of the molecule is O=S(=O)(c1ccccc1)C1CCN(S(=O)(=O)CCc2ccccc2)CC1. The summed E-state index contributed by atoms with van der Waals surface area (Å²) >= 11 is 0. The Kier molecular flexibility index (Phi) is 5.79. The molecule has 26 heavy (non-hydrogen) atoms. The molecule has 1 saturated heterocycles. The van der Waals surface area contributed by atoms with Crippen LogP contribution < -0.4 is 0 Å². The quantitative estimate of drug-likeness (QED) is 0.756. The van der Waals surface area contributed by atoms with Crippen molar-refractivity contribution in [1.82, 2.24) is 4.31 Å². The number of nitrogens with zero attached hydrogens (tertiary/aromatic N) is 1. The van der Waals surface area contributed by atoms with E-state index in [2.05, 4.69) is 0 Å². The summed E-state index contributed by atoms with van der Waals surface area (Å²) in [5, 5.41) is -0.523. The molecule has 1 fully saturated rings. The molecule has 140 valence electrons. The maximum Gasteiger partial charge on any atom is 0.214 e. The van der Waals surface area contributed by atoms with Crippen molar-refractivity contribution in [2.24, 2.45) is 0 Å². The summed E-state index contributed by atoms with van der Waals surface area (Å²) < 4.78 is 51.9. The standard InChI is InChI=1S/C19H23NO4S2/c21-25(22,16-13-17-7-3-1-4-8-17)20-14-11-19(12-15-20)26(23,24)18-9-5-2-6-10-18/h1-10,19H,11-16H2. The molecule has 0 unspecified atom stereocenters. The molecule has 0 radical (unpaired) electrons. The van der Waals surface area contributed by atoms with Crippen molar-refractivity contribution in [3.63, 3.8) is 0 Å². The van der Waals surface area contributed by atoms with Crippen LogP contribution in [0.25, 0.3) is 0 Å². The van der Waals surface area contributed by atoms with Gasteiger partial charge in [-0.2, -0.15) is 0 Å². The molecule has 0 aliphatic carbocycles. The lowest BCUT2D eigenvalue weighted by Gasteiger charge is -2.31. The van der Waals surface area contributed by atoms with Crippen molar-refractivity contribution in [2.75, 3.05) is 18.8 Å². The van der Waals surface area contributed by atoms with E-state index >= 15 is 0 Å². The van der Waals surface area contributed by atoms with Gasteiger partial charge in [0.1, 0.15) is 0 Å². The first-order valence-corrected chi connectivity index (χ1v) is 11.9. The predicted octanol–water partition coefficient (Wildman–Crippen LogP) is 2.50. The maximum atomic E-state index is 12.7. The summed E-state index contributed by atoms with van der Waals surface area (Å²) in [5.41, 5.74) is 0.984. The van der Waals surface area contributed by atoms with Crippen LogP contribution in [0.4, 0.5) is 0 Å². The topological polar surface area (TPSA) is 71.5 Å². The van der Waals surface area contributed by atoms with Gasteiger partial charge in [0.25, 0.3) is 0 Å². The largest absolute Gasteiger partial charge is 0.223 e. The molecule has 0 aromatic heterocycles. The molecule has 1 aliphatic rings. The minimum atomic E-state index is -3.41. The van der Waals surface area contributed by atoms with Crippen LogP contribution in [0.1, 0.15) is 18.4 Å². The molecule has 2 aromatic carbocycles. The normalized spacial score (nSPS) is 17.2. The summed E-state index contributed by atoms with van der Waals surface area (Å²) in [6, 6.07) is 17.9. The van der Waals surface area contributed by atoms with Gasteiger partial charge in [-0.1, -0.05) is 48.5 Å². The summed E-state index contributed by atoms with van der Waals surface area (Å²) in [7, 11) is -6.78. The summed E-state index contributed by atoms with van der Waals surface area (Å²) in [6.45, 7) is 0.516. The Labute approximate surface area is 155 Å². The van der Waals surface area contributed by atoms with Crippen LogP contribution in [0.15, 0.2) is 65.6 Å². The van der Waals surface area contributed by atoms with Crippen LogP contribution >= 0.6 is 0 Å². The lowest BCUT2D eigenvalue weighted by molar-refractivity contribution is 0.345. The maximum absolute atomic E-state index is 12.7. The van der Waals surface area contributed by atoms with E-state index in [-0.39, 0.29) is 18.8 Å². The first-order chi connectivity index (χ1) is 12.4. The molecule has 1 heterocycles. The van der Waals surface area contributed by atoms with E-state index in [4.69, 9.17) is 0 Å². The molecular formula is C19H23NO4S2. The van der Waals surface area contributed by atoms with Crippen LogP contribution in [0.5, 0.6) is 0 Å². The summed E-state index contributed by atoms with van der Waals surface area (Å²) in [4.78, 5) is 0.311. The molecule has 1 aliphatic heterocycles.